The monoisotopic (exact) mass is 248 g/mol. The number of epoxide rings is 1. The van der Waals surface area contributed by atoms with Crippen molar-refractivity contribution in [2.45, 2.75) is 57.8 Å². The Morgan fingerprint density at radius 2 is 2.17 bits per heavy atom. The second-order valence-electron chi connectivity index (χ2n) is 7.08. The zero-order valence-electron chi connectivity index (χ0n) is 11.3. The predicted octanol–water partition coefficient (Wildman–Crippen LogP) is 2.80. The maximum Gasteiger partial charge on any atom is 0.311 e. The maximum atomic E-state index is 11.7. The molecule has 2 saturated heterocycles. The number of hydrogen-bond acceptors (Lipinski definition) is 3. The molecule has 0 amide bonds. The lowest BCUT2D eigenvalue weighted by molar-refractivity contribution is -0.157. The minimum atomic E-state index is -0.580. The molecule has 2 aliphatic heterocycles. The van der Waals surface area contributed by atoms with Gasteiger partial charge < -0.3 is 9.47 Å². The van der Waals surface area contributed by atoms with Crippen LogP contribution in [0.3, 0.4) is 0 Å². The van der Waals surface area contributed by atoms with Gasteiger partial charge in [0.15, 0.2) is 5.60 Å². The van der Waals surface area contributed by atoms with Crippen LogP contribution in [0.15, 0.2) is 11.6 Å². The smallest absolute Gasteiger partial charge is 0.311 e. The van der Waals surface area contributed by atoms with Gasteiger partial charge in [0.05, 0.1) is 6.42 Å². The van der Waals surface area contributed by atoms with E-state index in [0.717, 1.165) is 6.42 Å². The van der Waals surface area contributed by atoms with E-state index in [4.69, 9.17) is 9.47 Å². The van der Waals surface area contributed by atoms with Crippen LogP contribution in [0.5, 0.6) is 0 Å². The van der Waals surface area contributed by atoms with Gasteiger partial charge in [-0.05, 0) is 31.6 Å². The Morgan fingerprint density at radius 3 is 2.94 bits per heavy atom. The Hall–Kier alpha value is -0.830. The standard InChI is InChI=1S/C15H20O3/c1-9-4-5-11-10(6-9)7-15-14(18-15,13(11,2)3)8-12(16)17-15/h6,10-11H,4-5,7-8H2,1-3H3/t10-,11-,14+,15-/m1/s1. The summed E-state index contributed by atoms with van der Waals surface area (Å²) in [5.74, 6) is 0.471. The summed E-state index contributed by atoms with van der Waals surface area (Å²) in [6.45, 7) is 6.74. The lowest BCUT2D eigenvalue weighted by Crippen LogP contribution is -2.51. The molecule has 2 aliphatic carbocycles. The molecule has 0 aromatic carbocycles. The first-order valence-electron chi connectivity index (χ1n) is 7.00. The van der Waals surface area contributed by atoms with E-state index in [2.05, 4.69) is 26.8 Å². The van der Waals surface area contributed by atoms with Crippen LogP contribution in [0.1, 0.15) is 46.5 Å². The quantitative estimate of drug-likeness (QED) is 0.376. The number of ether oxygens (including phenoxy) is 2. The normalized spacial score (nSPS) is 51.7. The minimum Gasteiger partial charge on any atom is -0.430 e. The third kappa shape index (κ3) is 1.00. The lowest BCUT2D eigenvalue weighted by atomic mass is 9.54. The van der Waals surface area contributed by atoms with Crippen LogP contribution in [-0.4, -0.2) is 17.4 Å². The minimum absolute atomic E-state index is 0.0271. The highest BCUT2D eigenvalue weighted by Crippen LogP contribution is 2.74. The van der Waals surface area contributed by atoms with Crippen molar-refractivity contribution in [3.8, 4) is 0 Å². The molecule has 4 rings (SSSR count). The molecule has 4 aliphatic rings. The number of hydrogen-bond donors (Lipinski definition) is 0. The van der Waals surface area contributed by atoms with Crippen molar-refractivity contribution in [2.24, 2.45) is 17.3 Å². The van der Waals surface area contributed by atoms with Crippen LogP contribution < -0.4 is 0 Å². The summed E-state index contributed by atoms with van der Waals surface area (Å²) in [5, 5.41) is 0. The Morgan fingerprint density at radius 1 is 1.39 bits per heavy atom. The van der Waals surface area contributed by atoms with E-state index in [0.29, 0.717) is 18.3 Å². The first-order chi connectivity index (χ1) is 8.40. The maximum absolute atomic E-state index is 11.7. The van der Waals surface area contributed by atoms with Crippen LogP contribution in [0.25, 0.3) is 0 Å². The number of fused-ring (bicyclic) bond motifs is 1. The molecule has 0 N–H and O–H groups in total. The molecule has 0 radical (unpaired) electrons. The fraction of sp³-hybridized carbons (Fsp3) is 0.800. The van der Waals surface area contributed by atoms with E-state index in [1.807, 2.05) is 0 Å². The van der Waals surface area contributed by atoms with Gasteiger partial charge in [-0.15, -0.1) is 0 Å². The third-order valence-corrected chi connectivity index (χ3v) is 5.92. The van der Waals surface area contributed by atoms with E-state index in [1.165, 1.54) is 18.4 Å². The zero-order valence-corrected chi connectivity index (χ0v) is 11.3. The van der Waals surface area contributed by atoms with Gasteiger partial charge in [0.2, 0.25) is 5.79 Å². The lowest BCUT2D eigenvalue weighted by Gasteiger charge is -2.47. The molecule has 18 heavy (non-hydrogen) atoms. The van der Waals surface area contributed by atoms with Gasteiger partial charge in [-0.3, -0.25) is 4.79 Å². The largest absolute Gasteiger partial charge is 0.430 e. The SMILES string of the molecule is CC1=C[C@@H]2C[C@]34OC(=O)C[C@]3(O4)C(C)(C)[C@@H]2CC1. The number of carbonyl (C=O) groups excluding carboxylic acids is 1. The Labute approximate surface area is 108 Å². The van der Waals surface area contributed by atoms with Gasteiger partial charge >= 0.3 is 5.97 Å². The summed E-state index contributed by atoms with van der Waals surface area (Å²) >= 11 is 0. The molecule has 1 saturated carbocycles. The van der Waals surface area contributed by atoms with Crippen molar-refractivity contribution in [1.82, 2.24) is 0 Å². The van der Waals surface area contributed by atoms with E-state index >= 15 is 0 Å². The van der Waals surface area contributed by atoms with Crippen LogP contribution in [0.4, 0.5) is 0 Å². The van der Waals surface area contributed by atoms with Gasteiger partial charge in [-0.1, -0.05) is 25.5 Å². The number of esters is 1. The molecule has 2 heterocycles. The van der Waals surface area contributed by atoms with Gasteiger partial charge in [0, 0.05) is 11.8 Å². The summed E-state index contributed by atoms with van der Waals surface area (Å²) in [4.78, 5) is 11.7. The molecule has 3 fully saturated rings. The van der Waals surface area contributed by atoms with Crippen LogP contribution >= 0.6 is 0 Å². The average Bonchev–Trinajstić information content (AvgIpc) is 2.76. The summed E-state index contributed by atoms with van der Waals surface area (Å²) in [6.07, 6.45) is 6.11. The first-order valence-corrected chi connectivity index (χ1v) is 7.00. The van der Waals surface area contributed by atoms with Crippen molar-refractivity contribution in [2.75, 3.05) is 0 Å². The second-order valence-corrected chi connectivity index (χ2v) is 7.08. The number of rotatable bonds is 0. The molecule has 4 atom stereocenters. The predicted molar refractivity (Wildman–Crippen MR) is 65.6 cm³/mol. The fourth-order valence-corrected chi connectivity index (χ4v) is 4.92. The Balaban J connectivity index is 1.80. The molecular formula is C15H20O3. The Kier molecular flexibility index (Phi) is 1.74. The van der Waals surface area contributed by atoms with Gasteiger partial charge in [0.25, 0.3) is 0 Å². The molecule has 0 spiro atoms. The highest BCUT2D eigenvalue weighted by molar-refractivity contribution is 5.77. The molecule has 3 nitrogen and oxygen atoms in total. The van der Waals surface area contributed by atoms with Crippen molar-refractivity contribution >= 4 is 5.97 Å². The molecular weight excluding hydrogens is 228 g/mol. The molecule has 98 valence electrons. The molecule has 0 aromatic rings. The zero-order chi connectivity index (χ0) is 12.8. The van der Waals surface area contributed by atoms with Gasteiger partial charge in [-0.25, -0.2) is 0 Å². The first kappa shape index (κ1) is 11.0. The van der Waals surface area contributed by atoms with Crippen molar-refractivity contribution in [3.63, 3.8) is 0 Å². The molecule has 0 bridgehead atoms. The molecule has 0 unspecified atom stereocenters. The molecule has 3 heteroatoms. The number of allylic oxidation sites excluding steroid dienone is 2. The third-order valence-electron chi connectivity index (χ3n) is 5.92. The van der Waals surface area contributed by atoms with Gasteiger partial charge in [-0.2, -0.15) is 0 Å². The Bertz CT molecular complexity index is 478. The summed E-state index contributed by atoms with van der Waals surface area (Å²) in [6, 6.07) is 0. The number of carbonyl (C=O) groups is 1. The fourth-order valence-electron chi connectivity index (χ4n) is 4.92. The second kappa shape index (κ2) is 2.84. The summed E-state index contributed by atoms with van der Waals surface area (Å²) in [5.41, 5.74) is 1.18. The van der Waals surface area contributed by atoms with Gasteiger partial charge in [0.1, 0.15) is 0 Å². The van der Waals surface area contributed by atoms with Crippen LogP contribution in [-0.2, 0) is 14.3 Å². The van der Waals surface area contributed by atoms with Crippen LogP contribution in [0.2, 0.25) is 0 Å². The summed E-state index contributed by atoms with van der Waals surface area (Å²) in [7, 11) is 0. The summed E-state index contributed by atoms with van der Waals surface area (Å²) < 4.78 is 11.6. The molecule has 0 aromatic heterocycles. The topological polar surface area (TPSA) is 38.8 Å². The van der Waals surface area contributed by atoms with E-state index < -0.39 is 5.79 Å². The van der Waals surface area contributed by atoms with E-state index in [-0.39, 0.29) is 17.0 Å². The van der Waals surface area contributed by atoms with Crippen LogP contribution in [0, 0.1) is 17.3 Å². The van der Waals surface area contributed by atoms with E-state index in [9.17, 15) is 4.79 Å². The van der Waals surface area contributed by atoms with E-state index in [1.54, 1.807) is 0 Å². The van der Waals surface area contributed by atoms with Crippen molar-refractivity contribution in [1.29, 1.82) is 0 Å². The van der Waals surface area contributed by atoms with Crippen molar-refractivity contribution < 1.29 is 14.3 Å². The highest BCUT2D eigenvalue weighted by atomic mass is 16.8. The highest BCUT2D eigenvalue weighted by Gasteiger charge is 2.86. The van der Waals surface area contributed by atoms with Crippen molar-refractivity contribution in [3.05, 3.63) is 11.6 Å². The average molecular weight is 248 g/mol.